The van der Waals surface area contributed by atoms with Crippen LogP contribution in [0.5, 0.6) is 5.75 Å². The molecule has 8 heteroatoms. The largest absolute Gasteiger partial charge is 0.490 e. The highest BCUT2D eigenvalue weighted by atomic mass is 127. The van der Waals surface area contributed by atoms with Crippen LogP contribution in [0.1, 0.15) is 44.0 Å². The van der Waals surface area contributed by atoms with Gasteiger partial charge in [0.1, 0.15) is 0 Å². The molecule has 1 atom stereocenters. The lowest BCUT2D eigenvalue weighted by molar-refractivity contribution is 0.285. The molecule has 2 aromatic rings. The summed E-state index contributed by atoms with van der Waals surface area (Å²) in [6.45, 7) is 5.81. The van der Waals surface area contributed by atoms with Crippen molar-refractivity contribution in [2.45, 2.75) is 39.3 Å². The van der Waals surface area contributed by atoms with Crippen molar-refractivity contribution in [1.29, 1.82) is 0 Å². The lowest BCUT2D eigenvalue weighted by Crippen LogP contribution is -2.38. The van der Waals surface area contributed by atoms with E-state index in [4.69, 9.17) is 4.74 Å². The molecular weight excluding hydrogens is 460 g/mol. The van der Waals surface area contributed by atoms with Gasteiger partial charge in [-0.3, -0.25) is 5.10 Å². The molecule has 1 fully saturated rings. The summed E-state index contributed by atoms with van der Waals surface area (Å²) in [5.41, 5.74) is 1.77. The van der Waals surface area contributed by atoms with E-state index in [-0.39, 0.29) is 35.8 Å². The fourth-order valence-electron chi connectivity index (χ4n) is 2.54. The fourth-order valence-corrected chi connectivity index (χ4v) is 2.54. The zero-order valence-electron chi connectivity index (χ0n) is 15.7. The molecule has 0 amide bonds. The topological polar surface area (TPSA) is 74.3 Å². The number of hydrogen-bond acceptors (Lipinski definition) is 3. The summed E-state index contributed by atoms with van der Waals surface area (Å²) in [4.78, 5) is 4.52. The van der Waals surface area contributed by atoms with E-state index in [1.807, 2.05) is 26.0 Å². The molecule has 0 spiro atoms. The molecule has 1 aromatic carbocycles. The highest BCUT2D eigenvalue weighted by molar-refractivity contribution is 14.0. The van der Waals surface area contributed by atoms with Crippen LogP contribution in [-0.2, 0) is 6.54 Å². The molecule has 3 rings (SSSR count). The van der Waals surface area contributed by atoms with Gasteiger partial charge in [0.15, 0.2) is 17.5 Å². The van der Waals surface area contributed by atoms with Crippen LogP contribution in [0.4, 0.5) is 4.39 Å². The minimum atomic E-state index is -0.323. The molecule has 1 heterocycles. The first-order chi connectivity index (χ1) is 12.7. The second-order valence-electron chi connectivity index (χ2n) is 6.59. The van der Waals surface area contributed by atoms with Gasteiger partial charge in [0.05, 0.1) is 24.9 Å². The van der Waals surface area contributed by atoms with Gasteiger partial charge in [0, 0.05) is 12.7 Å². The summed E-state index contributed by atoms with van der Waals surface area (Å²) in [6.07, 6.45) is 4.07. The van der Waals surface area contributed by atoms with E-state index in [1.165, 1.54) is 18.9 Å². The Kier molecular flexibility index (Phi) is 8.33. The lowest BCUT2D eigenvalue weighted by atomic mass is 10.1. The number of aromatic amines is 1. The van der Waals surface area contributed by atoms with Crippen LogP contribution in [0.25, 0.3) is 0 Å². The first-order valence-corrected chi connectivity index (χ1v) is 9.11. The highest BCUT2D eigenvalue weighted by Gasteiger charge is 2.22. The van der Waals surface area contributed by atoms with Crippen LogP contribution in [-0.4, -0.2) is 29.3 Å². The average Bonchev–Trinajstić information content (AvgIpc) is 3.31. The molecule has 0 saturated heterocycles. The smallest absolute Gasteiger partial charge is 0.192 e. The Morgan fingerprint density at radius 2 is 2.22 bits per heavy atom. The number of nitrogens with one attached hydrogen (secondary N) is 3. The predicted molar refractivity (Wildman–Crippen MR) is 115 cm³/mol. The first kappa shape index (κ1) is 21.5. The van der Waals surface area contributed by atoms with E-state index >= 15 is 0 Å². The molecule has 1 aliphatic carbocycles. The SMILES string of the molecule is CCNC(=NCc1ccn[nH]1)NC(C)c1ccc(OCC2CC2)c(F)c1.I. The Morgan fingerprint density at radius 1 is 1.41 bits per heavy atom. The second kappa shape index (κ2) is 10.5. The van der Waals surface area contributed by atoms with Crippen molar-refractivity contribution < 1.29 is 9.13 Å². The maximum atomic E-state index is 14.3. The summed E-state index contributed by atoms with van der Waals surface area (Å²) in [5, 5.41) is 13.3. The summed E-state index contributed by atoms with van der Waals surface area (Å²) >= 11 is 0. The number of hydrogen-bond donors (Lipinski definition) is 3. The van der Waals surface area contributed by atoms with Gasteiger partial charge in [0.2, 0.25) is 0 Å². The Morgan fingerprint density at radius 3 is 2.85 bits per heavy atom. The zero-order valence-corrected chi connectivity index (χ0v) is 18.0. The van der Waals surface area contributed by atoms with Gasteiger partial charge in [-0.25, -0.2) is 9.38 Å². The summed E-state index contributed by atoms with van der Waals surface area (Å²) in [6, 6.07) is 6.91. The number of rotatable bonds is 8. The van der Waals surface area contributed by atoms with E-state index < -0.39 is 0 Å². The number of benzene rings is 1. The molecule has 1 unspecified atom stereocenters. The molecule has 27 heavy (non-hydrogen) atoms. The Hall–Kier alpha value is -1.84. The minimum absolute atomic E-state index is 0. The molecule has 0 aliphatic heterocycles. The zero-order chi connectivity index (χ0) is 18.4. The standard InChI is InChI=1S/C19H26FN5O.HI/c1-3-21-19(22-11-16-8-9-23-25-16)24-13(2)15-6-7-18(17(20)10-15)26-12-14-4-5-14;/h6-10,13-14H,3-5,11-12H2,1-2H3,(H,23,25)(H2,21,22,24);1H. The van der Waals surface area contributed by atoms with Gasteiger partial charge < -0.3 is 15.4 Å². The van der Waals surface area contributed by atoms with E-state index in [2.05, 4.69) is 25.8 Å². The van der Waals surface area contributed by atoms with Crippen molar-refractivity contribution in [2.24, 2.45) is 10.9 Å². The van der Waals surface area contributed by atoms with Crippen molar-refractivity contribution >= 4 is 29.9 Å². The number of aromatic nitrogens is 2. The second-order valence-corrected chi connectivity index (χ2v) is 6.59. The summed E-state index contributed by atoms with van der Waals surface area (Å²) in [7, 11) is 0. The molecule has 0 radical (unpaired) electrons. The maximum absolute atomic E-state index is 14.3. The molecule has 1 aromatic heterocycles. The van der Waals surface area contributed by atoms with Gasteiger partial charge >= 0.3 is 0 Å². The van der Waals surface area contributed by atoms with Gasteiger partial charge in [-0.15, -0.1) is 24.0 Å². The van der Waals surface area contributed by atoms with Crippen LogP contribution >= 0.6 is 24.0 Å². The van der Waals surface area contributed by atoms with Crippen molar-refractivity contribution in [3.63, 3.8) is 0 Å². The van der Waals surface area contributed by atoms with Gasteiger partial charge in [0.25, 0.3) is 0 Å². The average molecular weight is 487 g/mol. The van der Waals surface area contributed by atoms with E-state index in [1.54, 1.807) is 12.3 Å². The number of nitrogens with zero attached hydrogens (tertiary/aromatic N) is 2. The molecule has 0 bridgehead atoms. The van der Waals surface area contributed by atoms with Crippen LogP contribution in [0, 0.1) is 11.7 Å². The molecule has 1 saturated carbocycles. The fraction of sp³-hybridized carbons (Fsp3) is 0.474. The number of halogens is 2. The van der Waals surface area contributed by atoms with Crippen molar-refractivity contribution in [3.05, 3.63) is 47.5 Å². The van der Waals surface area contributed by atoms with E-state index in [0.29, 0.717) is 30.8 Å². The third-order valence-electron chi connectivity index (χ3n) is 4.29. The maximum Gasteiger partial charge on any atom is 0.192 e. The monoisotopic (exact) mass is 487 g/mol. The van der Waals surface area contributed by atoms with Crippen molar-refractivity contribution in [3.8, 4) is 5.75 Å². The van der Waals surface area contributed by atoms with Gasteiger partial charge in [-0.1, -0.05) is 6.07 Å². The quantitative estimate of drug-likeness (QED) is 0.301. The summed E-state index contributed by atoms with van der Waals surface area (Å²) < 4.78 is 19.8. The number of H-pyrrole nitrogens is 1. The molecule has 6 nitrogen and oxygen atoms in total. The van der Waals surface area contributed by atoms with Crippen LogP contribution in [0.15, 0.2) is 35.5 Å². The molecule has 3 N–H and O–H groups in total. The minimum Gasteiger partial charge on any atom is -0.490 e. The Bertz CT molecular complexity index is 734. The predicted octanol–water partition coefficient (Wildman–Crippen LogP) is 3.77. The molecule has 1 aliphatic rings. The Labute approximate surface area is 176 Å². The summed E-state index contributed by atoms with van der Waals surface area (Å²) in [5.74, 6) is 1.27. The number of aliphatic imine (C=N–C) groups is 1. The highest BCUT2D eigenvalue weighted by Crippen LogP contribution is 2.30. The van der Waals surface area contributed by atoms with Crippen molar-refractivity contribution in [1.82, 2.24) is 20.8 Å². The third-order valence-corrected chi connectivity index (χ3v) is 4.29. The molecule has 148 valence electrons. The number of guanidine groups is 1. The third kappa shape index (κ3) is 6.67. The van der Waals surface area contributed by atoms with Gasteiger partial charge in [-0.2, -0.15) is 5.10 Å². The van der Waals surface area contributed by atoms with Gasteiger partial charge in [-0.05, 0) is 56.4 Å². The van der Waals surface area contributed by atoms with Crippen molar-refractivity contribution in [2.75, 3.05) is 13.2 Å². The first-order valence-electron chi connectivity index (χ1n) is 9.11. The number of ether oxygens (including phenoxy) is 1. The lowest BCUT2D eigenvalue weighted by Gasteiger charge is -2.19. The van der Waals surface area contributed by atoms with Crippen LogP contribution in [0.2, 0.25) is 0 Å². The van der Waals surface area contributed by atoms with E-state index in [0.717, 1.165) is 17.8 Å². The van der Waals surface area contributed by atoms with E-state index in [9.17, 15) is 4.39 Å². The Balaban J connectivity index is 0.00000261. The molecular formula is C19H27FIN5O. The van der Waals surface area contributed by atoms with Crippen LogP contribution < -0.4 is 15.4 Å². The van der Waals surface area contributed by atoms with Crippen LogP contribution in [0.3, 0.4) is 0 Å². The normalized spacial score (nSPS) is 15.0.